The number of hydrogen-bond donors (Lipinski definition) is 0. The third kappa shape index (κ3) is 2.43. The second kappa shape index (κ2) is 6.78. The lowest BCUT2D eigenvalue weighted by Gasteiger charge is -2.57. The summed E-state index contributed by atoms with van der Waals surface area (Å²) in [5.74, 6) is -3.86. The molecule has 0 radical (unpaired) electrons. The summed E-state index contributed by atoms with van der Waals surface area (Å²) < 4.78 is 45.3. The zero-order chi connectivity index (χ0) is 23.0. The number of benzene rings is 2. The molecular weight excluding hydrogens is 419 g/mol. The van der Waals surface area contributed by atoms with Gasteiger partial charge in [-0.25, -0.2) is 0 Å². The van der Waals surface area contributed by atoms with E-state index in [1.807, 2.05) is 55.5 Å². The Morgan fingerprint density at radius 2 is 1.62 bits per heavy atom. The molecule has 4 aliphatic rings. The number of carbonyl (C=O) groups excluding carboxylic acids is 2. The van der Waals surface area contributed by atoms with Crippen LogP contribution in [0.1, 0.15) is 35.1 Å². The van der Waals surface area contributed by atoms with Gasteiger partial charge in [-0.2, -0.15) is 13.2 Å². The number of likely N-dealkylation sites (tertiary alicyclic amines) is 1. The molecule has 7 heteroatoms. The van der Waals surface area contributed by atoms with Gasteiger partial charge in [0.15, 0.2) is 0 Å². The molecule has 1 unspecified atom stereocenters. The molecule has 0 saturated carbocycles. The van der Waals surface area contributed by atoms with E-state index >= 15 is 0 Å². The largest absolute Gasteiger partial charge is 0.454 e. The Kier molecular flexibility index (Phi) is 4.44. The summed E-state index contributed by atoms with van der Waals surface area (Å²) in [5, 5.41) is 0. The normalized spacial score (nSPS) is 30.2. The van der Waals surface area contributed by atoms with Gasteiger partial charge in [-0.15, -0.1) is 0 Å². The van der Waals surface area contributed by atoms with Gasteiger partial charge in [0, 0.05) is 37.8 Å². The van der Waals surface area contributed by atoms with Crippen LogP contribution in [0.4, 0.5) is 13.2 Å². The van der Waals surface area contributed by atoms with Crippen LogP contribution in [0.15, 0.2) is 60.3 Å². The maximum atomic E-state index is 13.7. The fourth-order valence-electron chi connectivity index (χ4n) is 6.34. The molecule has 1 heterocycles. The standard InChI is InChI=1S/C25H22F3NO3/c1-13(32-3)24-16-10-6-4-8-14(16)20(15-9-5-7-11-17(15)24)21-18(12-19(30)25(26,27)28)29(2)23(31)22(21)24/h4-13,20-22H,1-3H3/b18-12+/t13?,20?,21-,22+,24?/m0/s1. The van der Waals surface area contributed by atoms with E-state index in [-0.39, 0.29) is 17.5 Å². The van der Waals surface area contributed by atoms with Crippen LogP contribution in [0.2, 0.25) is 0 Å². The predicted molar refractivity (Wildman–Crippen MR) is 111 cm³/mol. The molecule has 0 aromatic heterocycles. The number of carbonyl (C=O) groups is 2. The second-order valence-corrected chi connectivity index (χ2v) is 8.73. The van der Waals surface area contributed by atoms with E-state index in [4.69, 9.17) is 4.74 Å². The van der Waals surface area contributed by atoms with Crippen LogP contribution in [0.3, 0.4) is 0 Å². The first-order chi connectivity index (χ1) is 15.2. The minimum Gasteiger partial charge on any atom is -0.380 e. The molecule has 2 aromatic carbocycles. The van der Waals surface area contributed by atoms with Gasteiger partial charge in [-0.05, 0) is 29.2 Å². The maximum absolute atomic E-state index is 13.7. The van der Waals surface area contributed by atoms with Crippen molar-refractivity contribution in [3.05, 3.63) is 82.6 Å². The zero-order valence-electron chi connectivity index (χ0n) is 17.8. The summed E-state index contributed by atoms with van der Waals surface area (Å²) >= 11 is 0. The number of ketones is 1. The lowest BCUT2D eigenvalue weighted by Crippen LogP contribution is -2.58. The Morgan fingerprint density at radius 1 is 1.09 bits per heavy atom. The van der Waals surface area contributed by atoms with E-state index in [2.05, 4.69) is 0 Å². The molecule has 166 valence electrons. The van der Waals surface area contributed by atoms with Gasteiger partial charge in [0.2, 0.25) is 5.91 Å². The summed E-state index contributed by atoms with van der Waals surface area (Å²) in [4.78, 5) is 26.8. The monoisotopic (exact) mass is 441 g/mol. The molecular formula is C25H22F3NO3. The molecule has 3 atom stereocenters. The Hall–Kier alpha value is -2.93. The van der Waals surface area contributed by atoms with E-state index in [1.54, 1.807) is 7.11 Å². The van der Waals surface area contributed by atoms with E-state index < -0.39 is 35.3 Å². The molecule has 0 N–H and O–H groups in total. The van der Waals surface area contributed by atoms with Gasteiger partial charge >= 0.3 is 6.18 Å². The molecule has 1 aliphatic heterocycles. The molecule has 2 bridgehead atoms. The van der Waals surface area contributed by atoms with Gasteiger partial charge in [-0.1, -0.05) is 48.5 Å². The van der Waals surface area contributed by atoms with Crippen LogP contribution in [0, 0.1) is 11.8 Å². The van der Waals surface area contributed by atoms with E-state index in [0.29, 0.717) is 6.08 Å². The molecule has 0 spiro atoms. The number of allylic oxidation sites excluding steroid dienone is 2. The SMILES string of the molecule is COC(C)C12c3ccccc3C(c3ccccc31)[C@@H]1/C(=C\C(=O)C(F)(F)F)N(C)C(=O)[C@@H]12. The fraction of sp³-hybridized carbons (Fsp3) is 0.360. The Balaban J connectivity index is 1.86. The number of alkyl halides is 3. The number of amides is 1. The van der Waals surface area contributed by atoms with E-state index in [0.717, 1.165) is 22.3 Å². The zero-order valence-corrected chi connectivity index (χ0v) is 17.8. The Labute approximate surface area is 183 Å². The van der Waals surface area contributed by atoms with Crippen LogP contribution in [-0.2, 0) is 19.7 Å². The minimum atomic E-state index is -5.00. The number of hydrogen-bond acceptors (Lipinski definition) is 3. The molecule has 1 saturated heterocycles. The minimum absolute atomic E-state index is 0.115. The van der Waals surface area contributed by atoms with Crippen molar-refractivity contribution >= 4 is 11.7 Å². The highest BCUT2D eigenvalue weighted by Gasteiger charge is 2.68. The van der Waals surface area contributed by atoms with Crippen LogP contribution in [0.25, 0.3) is 0 Å². The number of ether oxygens (including phenoxy) is 1. The van der Waals surface area contributed by atoms with Crippen LogP contribution in [-0.4, -0.2) is 43.0 Å². The summed E-state index contributed by atoms with van der Waals surface area (Å²) in [6.45, 7) is 1.89. The first-order valence-electron chi connectivity index (χ1n) is 10.5. The van der Waals surface area contributed by atoms with Crippen molar-refractivity contribution < 1.29 is 27.5 Å². The third-order valence-corrected chi connectivity index (χ3v) is 7.57. The predicted octanol–water partition coefficient (Wildman–Crippen LogP) is 4.19. The van der Waals surface area contributed by atoms with Crippen molar-refractivity contribution in [1.82, 2.24) is 4.90 Å². The maximum Gasteiger partial charge on any atom is 0.454 e. The molecule has 4 nitrogen and oxygen atoms in total. The molecule has 2 aromatic rings. The summed E-state index contributed by atoms with van der Waals surface area (Å²) in [6, 6.07) is 15.5. The van der Waals surface area contributed by atoms with Crippen LogP contribution in [0.5, 0.6) is 0 Å². The molecule has 6 rings (SSSR count). The van der Waals surface area contributed by atoms with Crippen molar-refractivity contribution in [3.63, 3.8) is 0 Å². The second-order valence-electron chi connectivity index (χ2n) is 8.73. The van der Waals surface area contributed by atoms with Gasteiger partial charge in [0.1, 0.15) is 0 Å². The number of methoxy groups -OCH3 is 1. The lowest BCUT2D eigenvalue weighted by molar-refractivity contribution is -0.165. The van der Waals surface area contributed by atoms with Crippen LogP contribution >= 0.6 is 0 Å². The van der Waals surface area contributed by atoms with Gasteiger partial charge in [0.05, 0.1) is 17.4 Å². The van der Waals surface area contributed by atoms with Crippen molar-refractivity contribution in [2.45, 2.75) is 30.5 Å². The first-order valence-corrected chi connectivity index (χ1v) is 10.5. The highest BCUT2D eigenvalue weighted by molar-refractivity contribution is 5.98. The lowest BCUT2D eigenvalue weighted by atomic mass is 9.45. The Morgan fingerprint density at radius 3 is 2.12 bits per heavy atom. The van der Waals surface area contributed by atoms with Gasteiger partial charge in [0.25, 0.3) is 5.78 Å². The van der Waals surface area contributed by atoms with Crippen molar-refractivity contribution in [2.24, 2.45) is 11.8 Å². The number of nitrogens with zero attached hydrogens (tertiary/aromatic N) is 1. The van der Waals surface area contributed by atoms with E-state index in [9.17, 15) is 22.8 Å². The number of halogens is 3. The quantitative estimate of drug-likeness (QED) is 0.672. The molecule has 1 amide bonds. The van der Waals surface area contributed by atoms with Crippen LogP contribution < -0.4 is 0 Å². The van der Waals surface area contributed by atoms with Crippen molar-refractivity contribution in [3.8, 4) is 0 Å². The summed E-state index contributed by atoms with van der Waals surface area (Å²) in [5.41, 5.74) is 3.08. The van der Waals surface area contributed by atoms with Crippen molar-refractivity contribution in [1.29, 1.82) is 0 Å². The average Bonchev–Trinajstić information content (AvgIpc) is 3.03. The van der Waals surface area contributed by atoms with Crippen molar-refractivity contribution in [2.75, 3.05) is 14.2 Å². The van der Waals surface area contributed by atoms with Gasteiger partial charge in [-0.3, -0.25) is 9.59 Å². The van der Waals surface area contributed by atoms with Gasteiger partial charge < -0.3 is 9.64 Å². The topological polar surface area (TPSA) is 46.6 Å². The first kappa shape index (κ1) is 20.9. The summed E-state index contributed by atoms with van der Waals surface area (Å²) in [7, 11) is 3.03. The average molecular weight is 441 g/mol. The highest BCUT2D eigenvalue weighted by atomic mass is 19.4. The summed E-state index contributed by atoms with van der Waals surface area (Å²) in [6.07, 6.45) is -4.83. The molecule has 32 heavy (non-hydrogen) atoms. The number of rotatable bonds is 3. The van der Waals surface area contributed by atoms with E-state index in [1.165, 1.54) is 11.9 Å². The highest BCUT2D eigenvalue weighted by Crippen LogP contribution is 2.67. The smallest absolute Gasteiger partial charge is 0.380 e. The fourth-order valence-corrected chi connectivity index (χ4v) is 6.34. The molecule has 1 fully saturated rings. The molecule has 3 aliphatic carbocycles. The Bertz CT molecular complexity index is 1120. The third-order valence-electron chi connectivity index (χ3n) is 7.57.